The topological polar surface area (TPSA) is 21.3 Å². The molecule has 1 aliphatic carbocycles. The summed E-state index contributed by atoms with van der Waals surface area (Å²) in [5, 5.41) is 3.27. The molecule has 1 saturated carbocycles. The molecule has 0 aliphatic heterocycles. The van der Waals surface area contributed by atoms with E-state index in [1.54, 1.807) is 13.2 Å². The van der Waals surface area contributed by atoms with Gasteiger partial charge in [-0.05, 0) is 38.8 Å². The van der Waals surface area contributed by atoms with E-state index >= 15 is 0 Å². The van der Waals surface area contributed by atoms with Gasteiger partial charge in [-0.3, -0.25) is 0 Å². The first-order valence-electron chi connectivity index (χ1n) is 7.63. The number of benzene rings is 1. The van der Waals surface area contributed by atoms with E-state index in [-0.39, 0.29) is 18.0 Å². The number of aryl methyl sites for hydroxylation is 1. The van der Waals surface area contributed by atoms with Crippen LogP contribution in [-0.2, 0) is 4.74 Å². The fourth-order valence-corrected chi connectivity index (χ4v) is 3.46. The van der Waals surface area contributed by atoms with Gasteiger partial charge in [0.05, 0.1) is 12.1 Å². The minimum Gasteiger partial charge on any atom is -0.379 e. The number of ether oxygens (including phenoxy) is 1. The van der Waals surface area contributed by atoms with Crippen molar-refractivity contribution in [2.45, 2.75) is 51.2 Å². The van der Waals surface area contributed by atoms with Crippen LogP contribution in [0.15, 0.2) is 18.2 Å². The molecular formula is C17H26FNO. The van der Waals surface area contributed by atoms with Crippen LogP contribution < -0.4 is 5.32 Å². The van der Waals surface area contributed by atoms with E-state index in [2.05, 4.69) is 5.32 Å². The molecule has 2 atom stereocenters. The molecule has 20 heavy (non-hydrogen) atoms. The molecular weight excluding hydrogens is 253 g/mol. The molecule has 0 amide bonds. The van der Waals surface area contributed by atoms with Crippen molar-refractivity contribution in [3.8, 4) is 0 Å². The SMILES string of the molecule is CNC(c1cc(C)ccc1F)C(OC)C1CCCCC1. The lowest BCUT2D eigenvalue weighted by atomic mass is 9.80. The molecule has 3 heteroatoms. The van der Waals surface area contributed by atoms with E-state index in [0.29, 0.717) is 5.92 Å². The minimum atomic E-state index is -0.146. The van der Waals surface area contributed by atoms with Crippen molar-refractivity contribution in [1.29, 1.82) is 0 Å². The summed E-state index contributed by atoms with van der Waals surface area (Å²) in [4.78, 5) is 0. The average molecular weight is 279 g/mol. The maximum Gasteiger partial charge on any atom is 0.128 e. The van der Waals surface area contributed by atoms with Crippen LogP contribution in [0.1, 0.15) is 49.3 Å². The normalized spacial score (nSPS) is 19.8. The molecule has 2 rings (SSSR count). The van der Waals surface area contributed by atoms with Crippen LogP contribution in [0.3, 0.4) is 0 Å². The van der Waals surface area contributed by atoms with Crippen LogP contribution >= 0.6 is 0 Å². The van der Waals surface area contributed by atoms with Crippen molar-refractivity contribution >= 4 is 0 Å². The average Bonchev–Trinajstić information content (AvgIpc) is 2.48. The van der Waals surface area contributed by atoms with Crippen LogP contribution in [0.25, 0.3) is 0 Å². The second kappa shape index (κ2) is 7.19. The second-order valence-electron chi connectivity index (χ2n) is 5.89. The highest BCUT2D eigenvalue weighted by Crippen LogP contribution is 2.34. The van der Waals surface area contributed by atoms with Gasteiger partial charge in [0, 0.05) is 12.7 Å². The van der Waals surface area contributed by atoms with E-state index in [1.807, 2.05) is 26.1 Å². The summed E-state index contributed by atoms with van der Waals surface area (Å²) in [6.07, 6.45) is 6.25. The van der Waals surface area contributed by atoms with Crippen molar-refractivity contribution in [2.24, 2.45) is 5.92 Å². The largest absolute Gasteiger partial charge is 0.379 e. The predicted octanol–water partition coefficient (Wildman–Crippen LogP) is 3.99. The van der Waals surface area contributed by atoms with Crippen molar-refractivity contribution in [1.82, 2.24) is 5.32 Å². The molecule has 1 N–H and O–H groups in total. The summed E-state index contributed by atoms with van der Waals surface area (Å²) >= 11 is 0. The Hall–Kier alpha value is -0.930. The number of hydrogen-bond acceptors (Lipinski definition) is 2. The number of hydrogen-bond donors (Lipinski definition) is 1. The highest BCUT2D eigenvalue weighted by Gasteiger charge is 2.32. The Morgan fingerprint density at radius 3 is 2.55 bits per heavy atom. The smallest absolute Gasteiger partial charge is 0.128 e. The highest BCUT2D eigenvalue weighted by atomic mass is 19.1. The molecule has 0 radical (unpaired) electrons. The van der Waals surface area contributed by atoms with E-state index in [1.165, 1.54) is 32.1 Å². The van der Waals surface area contributed by atoms with Crippen molar-refractivity contribution < 1.29 is 9.13 Å². The summed E-state index contributed by atoms with van der Waals surface area (Å²) in [6.45, 7) is 2.00. The summed E-state index contributed by atoms with van der Waals surface area (Å²) < 4.78 is 19.9. The van der Waals surface area contributed by atoms with Gasteiger partial charge in [0.1, 0.15) is 5.82 Å². The van der Waals surface area contributed by atoms with Gasteiger partial charge in [0.25, 0.3) is 0 Å². The molecule has 0 bridgehead atoms. The summed E-state index contributed by atoms with van der Waals surface area (Å²) in [7, 11) is 3.64. The molecule has 2 unspecified atom stereocenters. The first kappa shape index (κ1) is 15.5. The standard InChI is InChI=1S/C17H26FNO/c1-12-9-10-15(18)14(11-12)16(19-2)17(20-3)13-7-5-4-6-8-13/h9-11,13,16-17,19H,4-8H2,1-3H3. The lowest BCUT2D eigenvalue weighted by Crippen LogP contribution is -2.38. The van der Waals surface area contributed by atoms with E-state index < -0.39 is 0 Å². The van der Waals surface area contributed by atoms with Crippen LogP contribution in [0, 0.1) is 18.7 Å². The number of nitrogens with one attached hydrogen (secondary N) is 1. The van der Waals surface area contributed by atoms with Gasteiger partial charge in [-0.1, -0.05) is 37.0 Å². The zero-order chi connectivity index (χ0) is 14.5. The molecule has 1 fully saturated rings. The summed E-state index contributed by atoms with van der Waals surface area (Å²) in [5.41, 5.74) is 1.81. The molecule has 0 spiro atoms. The van der Waals surface area contributed by atoms with Crippen LogP contribution in [0.5, 0.6) is 0 Å². The van der Waals surface area contributed by atoms with Gasteiger partial charge < -0.3 is 10.1 Å². The van der Waals surface area contributed by atoms with E-state index in [9.17, 15) is 4.39 Å². The lowest BCUT2D eigenvalue weighted by molar-refractivity contribution is 0.00857. The van der Waals surface area contributed by atoms with Crippen LogP contribution in [-0.4, -0.2) is 20.3 Å². The van der Waals surface area contributed by atoms with Crippen molar-refractivity contribution in [3.05, 3.63) is 35.1 Å². The molecule has 2 nitrogen and oxygen atoms in total. The van der Waals surface area contributed by atoms with Gasteiger partial charge in [-0.25, -0.2) is 4.39 Å². The molecule has 112 valence electrons. The monoisotopic (exact) mass is 279 g/mol. The molecule has 0 heterocycles. The third-order valence-electron chi connectivity index (χ3n) is 4.51. The summed E-state index contributed by atoms with van der Waals surface area (Å²) in [5.74, 6) is 0.374. The Labute approximate surface area is 121 Å². The zero-order valence-corrected chi connectivity index (χ0v) is 12.8. The Balaban J connectivity index is 2.26. The first-order valence-corrected chi connectivity index (χ1v) is 7.63. The Morgan fingerprint density at radius 2 is 1.95 bits per heavy atom. The maximum absolute atomic E-state index is 14.2. The third-order valence-corrected chi connectivity index (χ3v) is 4.51. The van der Waals surface area contributed by atoms with Crippen LogP contribution in [0.4, 0.5) is 4.39 Å². The number of halogens is 1. The molecule has 1 aromatic carbocycles. The molecule has 0 saturated heterocycles. The van der Waals surface area contributed by atoms with E-state index in [4.69, 9.17) is 4.74 Å². The fourth-order valence-electron chi connectivity index (χ4n) is 3.46. The second-order valence-corrected chi connectivity index (χ2v) is 5.89. The lowest BCUT2D eigenvalue weighted by Gasteiger charge is -2.35. The van der Waals surface area contributed by atoms with Gasteiger partial charge >= 0.3 is 0 Å². The van der Waals surface area contributed by atoms with Gasteiger partial charge in [0.15, 0.2) is 0 Å². The zero-order valence-electron chi connectivity index (χ0n) is 12.8. The Kier molecular flexibility index (Phi) is 5.55. The number of methoxy groups -OCH3 is 1. The molecule has 0 aromatic heterocycles. The fraction of sp³-hybridized carbons (Fsp3) is 0.647. The van der Waals surface area contributed by atoms with Crippen LogP contribution in [0.2, 0.25) is 0 Å². The number of rotatable bonds is 5. The highest BCUT2D eigenvalue weighted by molar-refractivity contribution is 5.28. The minimum absolute atomic E-state index is 0.0385. The number of likely N-dealkylation sites (N-methyl/N-ethyl adjacent to an activating group) is 1. The van der Waals surface area contributed by atoms with Crippen molar-refractivity contribution in [3.63, 3.8) is 0 Å². The quantitative estimate of drug-likeness (QED) is 0.880. The van der Waals surface area contributed by atoms with Gasteiger partial charge in [-0.2, -0.15) is 0 Å². The summed E-state index contributed by atoms with van der Waals surface area (Å²) in [6, 6.07) is 5.23. The molecule has 1 aliphatic rings. The van der Waals surface area contributed by atoms with E-state index in [0.717, 1.165) is 11.1 Å². The van der Waals surface area contributed by atoms with Crippen molar-refractivity contribution in [2.75, 3.05) is 14.2 Å². The first-order chi connectivity index (χ1) is 9.67. The maximum atomic E-state index is 14.2. The molecule has 1 aromatic rings. The third kappa shape index (κ3) is 3.39. The Bertz CT molecular complexity index is 429. The predicted molar refractivity (Wildman–Crippen MR) is 80.3 cm³/mol. The Morgan fingerprint density at radius 1 is 1.25 bits per heavy atom. The van der Waals surface area contributed by atoms with Gasteiger partial charge in [-0.15, -0.1) is 0 Å². The van der Waals surface area contributed by atoms with Gasteiger partial charge in [0.2, 0.25) is 0 Å².